The topological polar surface area (TPSA) is 55.1 Å². The number of thiophene rings is 1. The number of hydrogen-bond donors (Lipinski definition) is 1. The molecule has 24 heavy (non-hydrogen) atoms. The smallest absolute Gasteiger partial charge is 0.266 e. The van der Waals surface area contributed by atoms with Gasteiger partial charge in [0.1, 0.15) is 23.4 Å². The monoisotopic (exact) mass is 348 g/mol. The number of aliphatic hydroxyl groups excluding tert-OH is 1. The van der Waals surface area contributed by atoms with Crippen LogP contribution in [0.2, 0.25) is 0 Å². The molecule has 1 N–H and O–H groups in total. The van der Waals surface area contributed by atoms with Crippen LogP contribution in [0.3, 0.4) is 0 Å². The van der Waals surface area contributed by atoms with E-state index in [-0.39, 0.29) is 12.1 Å². The minimum absolute atomic E-state index is 0.0810. The van der Waals surface area contributed by atoms with E-state index in [1.54, 1.807) is 6.07 Å². The van der Waals surface area contributed by atoms with Crippen LogP contribution in [0.15, 0.2) is 47.3 Å². The van der Waals surface area contributed by atoms with Crippen LogP contribution in [-0.4, -0.2) is 14.9 Å². The fourth-order valence-electron chi connectivity index (χ4n) is 2.32. The summed E-state index contributed by atoms with van der Waals surface area (Å²) >= 11 is 1.53. The van der Waals surface area contributed by atoms with Gasteiger partial charge in [-0.3, -0.25) is 4.79 Å². The largest absolute Gasteiger partial charge is 0.386 e. The maximum Gasteiger partial charge on any atom is 0.266 e. The third-order valence-corrected chi connectivity index (χ3v) is 4.55. The maximum absolute atomic E-state index is 13.7. The molecule has 0 aliphatic heterocycles. The Morgan fingerprint density at radius 1 is 1.21 bits per heavy atom. The van der Waals surface area contributed by atoms with Crippen molar-refractivity contribution in [3.63, 3.8) is 0 Å². The van der Waals surface area contributed by atoms with Crippen molar-refractivity contribution in [3.05, 3.63) is 74.9 Å². The van der Waals surface area contributed by atoms with E-state index in [9.17, 15) is 18.7 Å². The first-order valence-corrected chi connectivity index (χ1v) is 8.03. The Morgan fingerprint density at radius 3 is 2.67 bits per heavy atom. The van der Waals surface area contributed by atoms with Crippen LogP contribution in [0, 0.1) is 18.6 Å². The first-order chi connectivity index (χ1) is 11.4. The number of halogens is 2. The SMILES string of the molecule is Cc1ccc(-c2ccc(=O)n(CC(O)c3ccc(F)cc3F)n2)s1. The molecule has 0 bridgehead atoms. The van der Waals surface area contributed by atoms with Crippen molar-refractivity contribution in [2.24, 2.45) is 0 Å². The van der Waals surface area contributed by atoms with Gasteiger partial charge in [0.15, 0.2) is 0 Å². The number of aromatic nitrogens is 2. The number of benzene rings is 1. The fourth-order valence-corrected chi connectivity index (χ4v) is 3.15. The second-order valence-corrected chi connectivity index (χ2v) is 6.62. The maximum atomic E-state index is 13.7. The van der Waals surface area contributed by atoms with E-state index >= 15 is 0 Å². The van der Waals surface area contributed by atoms with Crippen molar-refractivity contribution in [2.45, 2.75) is 19.6 Å². The molecule has 2 heterocycles. The second kappa shape index (κ2) is 6.62. The normalized spacial score (nSPS) is 12.3. The second-order valence-electron chi connectivity index (χ2n) is 5.33. The molecule has 0 spiro atoms. The van der Waals surface area contributed by atoms with E-state index in [0.717, 1.165) is 26.6 Å². The van der Waals surface area contributed by atoms with Gasteiger partial charge in [0.25, 0.3) is 5.56 Å². The summed E-state index contributed by atoms with van der Waals surface area (Å²) < 4.78 is 27.8. The Bertz CT molecular complexity index is 936. The fraction of sp³-hybridized carbons (Fsp3) is 0.176. The van der Waals surface area contributed by atoms with Crippen molar-refractivity contribution in [3.8, 4) is 10.6 Å². The van der Waals surface area contributed by atoms with E-state index in [4.69, 9.17) is 0 Å². The van der Waals surface area contributed by atoms with Gasteiger partial charge in [-0.2, -0.15) is 5.10 Å². The van der Waals surface area contributed by atoms with E-state index in [1.165, 1.54) is 17.4 Å². The number of aryl methyl sites for hydroxylation is 1. The molecule has 0 saturated carbocycles. The minimum Gasteiger partial charge on any atom is -0.386 e. The molecule has 0 aliphatic rings. The first kappa shape index (κ1) is 16.5. The highest BCUT2D eigenvalue weighted by molar-refractivity contribution is 7.15. The number of rotatable bonds is 4. The van der Waals surface area contributed by atoms with E-state index in [1.807, 2.05) is 19.1 Å². The molecule has 0 amide bonds. The van der Waals surface area contributed by atoms with Crippen LogP contribution >= 0.6 is 11.3 Å². The highest BCUT2D eigenvalue weighted by atomic mass is 32.1. The predicted molar refractivity (Wildman–Crippen MR) is 87.9 cm³/mol. The molecule has 0 saturated heterocycles. The third-order valence-electron chi connectivity index (χ3n) is 3.53. The quantitative estimate of drug-likeness (QED) is 0.787. The summed E-state index contributed by atoms with van der Waals surface area (Å²) in [6.45, 7) is 1.74. The van der Waals surface area contributed by atoms with Gasteiger partial charge >= 0.3 is 0 Å². The molecule has 7 heteroatoms. The average molecular weight is 348 g/mol. The van der Waals surface area contributed by atoms with Crippen LogP contribution in [0.1, 0.15) is 16.5 Å². The van der Waals surface area contributed by atoms with Crippen LogP contribution < -0.4 is 5.56 Å². The third kappa shape index (κ3) is 3.42. The molecule has 3 rings (SSSR count). The Hall–Kier alpha value is -2.38. The van der Waals surface area contributed by atoms with Gasteiger partial charge in [-0.1, -0.05) is 6.07 Å². The van der Waals surface area contributed by atoms with Crippen LogP contribution in [0.5, 0.6) is 0 Å². The van der Waals surface area contributed by atoms with Gasteiger partial charge in [0.05, 0.1) is 11.4 Å². The van der Waals surface area contributed by atoms with Crippen LogP contribution in [0.25, 0.3) is 10.6 Å². The summed E-state index contributed by atoms with van der Waals surface area (Å²) in [4.78, 5) is 14.0. The molecule has 4 nitrogen and oxygen atoms in total. The molecule has 2 aromatic heterocycles. The van der Waals surface area contributed by atoms with Crippen molar-refractivity contribution in [1.82, 2.24) is 9.78 Å². The van der Waals surface area contributed by atoms with Crippen LogP contribution in [0.4, 0.5) is 8.78 Å². The van der Waals surface area contributed by atoms with Gasteiger partial charge in [0, 0.05) is 22.6 Å². The van der Waals surface area contributed by atoms with Gasteiger partial charge in [0.2, 0.25) is 0 Å². The molecule has 0 aliphatic carbocycles. The summed E-state index contributed by atoms with van der Waals surface area (Å²) in [6.07, 6.45) is -1.31. The minimum atomic E-state index is -1.31. The molecular weight excluding hydrogens is 334 g/mol. The zero-order chi connectivity index (χ0) is 17.3. The van der Waals surface area contributed by atoms with E-state index in [0.29, 0.717) is 11.8 Å². The standard InChI is InChI=1S/C17H14F2N2O2S/c1-10-2-6-16(24-10)14-5-7-17(23)21(20-14)9-15(22)12-4-3-11(18)8-13(12)19/h2-8,15,22H,9H2,1H3. The number of aliphatic hydroxyl groups is 1. The Kier molecular flexibility index (Phi) is 4.55. The first-order valence-electron chi connectivity index (χ1n) is 7.22. The number of nitrogens with zero attached hydrogens (tertiary/aromatic N) is 2. The molecule has 0 radical (unpaired) electrons. The van der Waals surface area contributed by atoms with Crippen molar-refractivity contribution >= 4 is 11.3 Å². The van der Waals surface area contributed by atoms with E-state index in [2.05, 4.69) is 5.10 Å². The lowest BCUT2D eigenvalue weighted by Gasteiger charge is -2.13. The molecule has 3 aromatic rings. The summed E-state index contributed by atoms with van der Waals surface area (Å²) in [5, 5.41) is 14.4. The zero-order valence-electron chi connectivity index (χ0n) is 12.7. The van der Waals surface area contributed by atoms with Crippen molar-refractivity contribution in [1.29, 1.82) is 0 Å². The van der Waals surface area contributed by atoms with Gasteiger partial charge in [-0.15, -0.1) is 11.3 Å². The summed E-state index contributed by atoms with van der Waals surface area (Å²) in [6, 6.07) is 9.71. The van der Waals surface area contributed by atoms with Gasteiger partial charge in [-0.05, 0) is 31.2 Å². The van der Waals surface area contributed by atoms with Crippen molar-refractivity contribution in [2.75, 3.05) is 0 Å². The zero-order valence-corrected chi connectivity index (χ0v) is 13.6. The molecule has 1 unspecified atom stereocenters. The van der Waals surface area contributed by atoms with Crippen molar-refractivity contribution < 1.29 is 13.9 Å². The molecule has 124 valence electrons. The molecular formula is C17H14F2N2O2S. The lowest BCUT2D eigenvalue weighted by Crippen LogP contribution is -2.25. The predicted octanol–water partition coefficient (Wildman–Crippen LogP) is 3.29. The molecule has 1 aromatic carbocycles. The summed E-state index contributed by atoms with van der Waals surface area (Å²) in [5.74, 6) is -1.59. The van der Waals surface area contributed by atoms with Gasteiger partial charge in [-0.25, -0.2) is 13.5 Å². The number of hydrogen-bond acceptors (Lipinski definition) is 4. The Labute approximate surface area is 140 Å². The lowest BCUT2D eigenvalue weighted by molar-refractivity contribution is 0.145. The lowest BCUT2D eigenvalue weighted by atomic mass is 10.1. The molecule has 0 fully saturated rings. The summed E-state index contributed by atoms with van der Waals surface area (Å²) in [7, 11) is 0. The Morgan fingerprint density at radius 2 is 2.00 bits per heavy atom. The summed E-state index contributed by atoms with van der Waals surface area (Å²) in [5.41, 5.74) is 0.107. The van der Waals surface area contributed by atoms with Gasteiger partial charge < -0.3 is 5.11 Å². The molecule has 1 atom stereocenters. The average Bonchev–Trinajstić information content (AvgIpc) is 2.96. The van der Waals surface area contributed by atoms with Crippen LogP contribution in [-0.2, 0) is 6.54 Å². The highest BCUT2D eigenvalue weighted by Crippen LogP contribution is 2.25. The highest BCUT2D eigenvalue weighted by Gasteiger charge is 2.16. The Balaban J connectivity index is 1.90. The van der Waals surface area contributed by atoms with E-state index < -0.39 is 23.3 Å².